The molecule has 2 fully saturated rings. The van der Waals surface area contributed by atoms with Crippen LogP contribution in [0.15, 0.2) is 30.3 Å². The summed E-state index contributed by atoms with van der Waals surface area (Å²) in [6.07, 6.45) is 2.25. The average molecular weight is 272 g/mol. The van der Waals surface area contributed by atoms with Crippen molar-refractivity contribution in [2.24, 2.45) is 0 Å². The number of carbonyl (C=O) groups excluding carboxylic acids is 2. The van der Waals surface area contributed by atoms with Crippen molar-refractivity contribution < 1.29 is 9.59 Å². The predicted molar refractivity (Wildman–Crippen MR) is 76.2 cm³/mol. The van der Waals surface area contributed by atoms with E-state index in [0.717, 1.165) is 18.4 Å². The normalized spacial score (nSPS) is 20.9. The van der Waals surface area contributed by atoms with Crippen LogP contribution in [0.25, 0.3) is 0 Å². The van der Waals surface area contributed by atoms with Gasteiger partial charge in [-0.15, -0.1) is 0 Å². The number of hydrogen-bond acceptors (Lipinski definition) is 2. The van der Waals surface area contributed by atoms with Crippen molar-refractivity contribution in [3.8, 4) is 0 Å². The Hall–Kier alpha value is -1.84. The molecule has 3 rings (SSSR count). The minimum absolute atomic E-state index is 0.0556. The maximum absolute atomic E-state index is 12.5. The maximum Gasteiger partial charge on any atom is 0.242 e. The quantitative estimate of drug-likeness (QED) is 0.839. The Bertz CT molecular complexity index is 510. The molecule has 1 heterocycles. The van der Waals surface area contributed by atoms with Crippen LogP contribution >= 0.6 is 0 Å². The van der Waals surface area contributed by atoms with E-state index in [1.54, 1.807) is 4.90 Å². The molecule has 0 radical (unpaired) electrons. The van der Waals surface area contributed by atoms with Crippen LogP contribution in [-0.2, 0) is 9.59 Å². The van der Waals surface area contributed by atoms with Gasteiger partial charge in [0.2, 0.25) is 11.8 Å². The first-order chi connectivity index (χ1) is 9.66. The van der Waals surface area contributed by atoms with Crippen LogP contribution in [0.3, 0.4) is 0 Å². The van der Waals surface area contributed by atoms with Gasteiger partial charge in [0.1, 0.15) is 0 Å². The lowest BCUT2D eigenvalue weighted by atomic mass is 9.99. The van der Waals surface area contributed by atoms with E-state index in [1.165, 1.54) is 0 Å². The zero-order chi connectivity index (χ0) is 14.1. The van der Waals surface area contributed by atoms with Gasteiger partial charge in [0.05, 0.1) is 12.5 Å². The molecule has 1 aliphatic heterocycles. The summed E-state index contributed by atoms with van der Waals surface area (Å²) in [6.45, 7) is 3.51. The summed E-state index contributed by atoms with van der Waals surface area (Å²) in [6, 6.07) is 10.2. The first kappa shape index (κ1) is 13.2. The fourth-order valence-electron chi connectivity index (χ4n) is 2.80. The highest BCUT2D eigenvalue weighted by atomic mass is 16.2. The molecule has 1 aliphatic carbocycles. The van der Waals surface area contributed by atoms with E-state index in [1.807, 2.05) is 42.2 Å². The van der Waals surface area contributed by atoms with E-state index in [9.17, 15) is 9.59 Å². The molecule has 0 bridgehead atoms. The van der Waals surface area contributed by atoms with Crippen LogP contribution in [0.5, 0.6) is 0 Å². The van der Waals surface area contributed by atoms with Gasteiger partial charge in [-0.3, -0.25) is 9.59 Å². The third-order valence-electron chi connectivity index (χ3n) is 4.23. The Morgan fingerprint density at radius 1 is 1.20 bits per heavy atom. The zero-order valence-corrected chi connectivity index (χ0v) is 11.8. The van der Waals surface area contributed by atoms with Crippen LogP contribution < -0.4 is 0 Å². The minimum atomic E-state index is -0.184. The molecule has 0 spiro atoms. The van der Waals surface area contributed by atoms with E-state index in [4.69, 9.17) is 0 Å². The van der Waals surface area contributed by atoms with Crippen LogP contribution in [0.2, 0.25) is 0 Å². The average Bonchev–Trinajstić information content (AvgIpc) is 3.31. The molecule has 106 valence electrons. The van der Waals surface area contributed by atoms with Crippen molar-refractivity contribution in [1.29, 1.82) is 0 Å². The predicted octanol–water partition coefficient (Wildman–Crippen LogP) is 1.62. The monoisotopic (exact) mass is 272 g/mol. The highest BCUT2D eigenvalue weighted by Gasteiger charge is 2.37. The Balaban J connectivity index is 1.64. The second-order valence-electron chi connectivity index (χ2n) is 5.71. The lowest BCUT2D eigenvalue weighted by Crippen LogP contribution is -2.53. The molecule has 20 heavy (non-hydrogen) atoms. The van der Waals surface area contributed by atoms with Crippen molar-refractivity contribution >= 4 is 11.8 Å². The molecule has 2 amide bonds. The molecule has 0 N–H and O–H groups in total. The molecule has 1 aromatic carbocycles. The number of hydrogen-bond donors (Lipinski definition) is 0. The molecule has 1 atom stereocenters. The van der Waals surface area contributed by atoms with Gasteiger partial charge in [0.15, 0.2) is 0 Å². The molecule has 1 saturated heterocycles. The van der Waals surface area contributed by atoms with E-state index in [2.05, 4.69) is 0 Å². The second-order valence-corrected chi connectivity index (χ2v) is 5.71. The summed E-state index contributed by atoms with van der Waals surface area (Å²) in [4.78, 5) is 28.2. The topological polar surface area (TPSA) is 40.6 Å². The molecule has 4 heteroatoms. The largest absolute Gasteiger partial charge is 0.336 e. The summed E-state index contributed by atoms with van der Waals surface area (Å²) in [7, 11) is 0. The Labute approximate surface area is 119 Å². The molecule has 0 aromatic heterocycles. The molecule has 4 nitrogen and oxygen atoms in total. The van der Waals surface area contributed by atoms with Gasteiger partial charge in [-0.05, 0) is 25.3 Å². The van der Waals surface area contributed by atoms with Gasteiger partial charge < -0.3 is 9.80 Å². The fourth-order valence-corrected chi connectivity index (χ4v) is 2.80. The van der Waals surface area contributed by atoms with E-state index in [-0.39, 0.29) is 24.3 Å². The number of nitrogens with zero attached hydrogens (tertiary/aromatic N) is 2. The second kappa shape index (κ2) is 5.27. The van der Waals surface area contributed by atoms with Crippen LogP contribution in [-0.4, -0.2) is 47.3 Å². The molecule has 1 unspecified atom stereocenters. The maximum atomic E-state index is 12.5. The first-order valence-corrected chi connectivity index (χ1v) is 7.30. The van der Waals surface area contributed by atoms with Gasteiger partial charge in [-0.25, -0.2) is 0 Å². The summed E-state index contributed by atoms with van der Waals surface area (Å²) >= 11 is 0. The molecular weight excluding hydrogens is 252 g/mol. The van der Waals surface area contributed by atoms with E-state index in [0.29, 0.717) is 19.1 Å². The lowest BCUT2D eigenvalue weighted by molar-refractivity contribution is -0.146. The molecule has 1 aromatic rings. The van der Waals surface area contributed by atoms with Crippen molar-refractivity contribution in [3.63, 3.8) is 0 Å². The standard InChI is InChI=1S/C16H20N2O2/c1-12(13-5-3-2-4-6-13)16(20)17-9-10-18(14-7-8-14)15(19)11-17/h2-6,12,14H,7-11H2,1H3. The number of rotatable bonds is 3. The van der Waals surface area contributed by atoms with E-state index < -0.39 is 0 Å². The van der Waals surface area contributed by atoms with Gasteiger partial charge >= 0.3 is 0 Å². The smallest absolute Gasteiger partial charge is 0.242 e. The fraction of sp³-hybridized carbons (Fsp3) is 0.500. The van der Waals surface area contributed by atoms with E-state index >= 15 is 0 Å². The lowest BCUT2D eigenvalue weighted by Gasteiger charge is -2.35. The molecular formula is C16H20N2O2. The summed E-state index contributed by atoms with van der Waals surface area (Å²) < 4.78 is 0. The summed E-state index contributed by atoms with van der Waals surface area (Å²) in [5.41, 5.74) is 1.01. The molecule has 1 saturated carbocycles. The third kappa shape index (κ3) is 2.55. The molecule has 2 aliphatic rings. The van der Waals surface area contributed by atoms with Gasteiger partial charge in [0.25, 0.3) is 0 Å². The Kier molecular flexibility index (Phi) is 3.47. The highest BCUT2D eigenvalue weighted by Crippen LogP contribution is 2.28. The summed E-state index contributed by atoms with van der Waals surface area (Å²) in [5.74, 6) is -0.0242. The minimum Gasteiger partial charge on any atom is -0.336 e. The Morgan fingerprint density at radius 3 is 2.50 bits per heavy atom. The van der Waals surface area contributed by atoms with Crippen LogP contribution in [0.4, 0.5) is 0 Å². The number of benzene rings is 1. The van der Waals surface area contributed by atoms with Gasteiger partial charge in [-0.1, -0.05) is 30.3 Å². The van der Waals surface area contributed by atoms with Gasteiger partial charge in [-0.2, -0.15) is 0 Å². The summed E-state index contributed by atoms with van der Waals surface area (Å²) in [5, 5.41) is 0. The van der Waals surface area contributed by atoms with Crippen molar-refractivity contribution in [2.75, 3.05) is 19.6 Å². The number of amides is 2. The van der Waals surface area contributed by atoms with Crippen LogP contribution in [0, 0.1) is 0 Å². The zero-order valence-electron chi connectivity index (χ0n) is 11.8. The van der Waals surface area contributed by atoms with Crippen LogP contribution in [0.1, 0.15) is 31.2 Å². The third-order valence-corrected chi connectivity index (χ3v) is 4.23. The highest BCUT2D eigenvalue weighted by molar-refractivity contribution is 5.89. The van der Waals surface area contributed by atoms with Gasteiger partial charge in [0, 0.05) is 19.1 Å². The number of carbonyl (C=O) groups is 2. The SMILES string of the molecule is CC(C(=O)N1CCN(C2CC2)C(=O)C1)c1ccccc1. The van der Waals surface area contributed by atoms with Crippen molar-refractivity contribution in [1.82, 2.24) is 9.80 Å². The Morgan fingerprint density at radius 2 is 1.90 bits per heavy atom. The number of piperazine rings is 1. The first-order valence-electron chi connectivity index (χ1n) is 7.30. The van der Waals surface area contributed by atoms with Crippen molar-refractivity contribution in [3.05, 3.63) is 35.9 Å². The van der Waals surface area contributed by atoms with Crippen molar-refractivity contribution in [2.45, 2.75) is 31.7 Å².